The highest BCUT2D eigenvalue weighted by molar-refractivity contribution is 5.91. The highest BCUT2D eigenvalue weighted by Gasteiger charge is 2.33. The van der Waals surface area contributed by atoms with Gasteiger partial charge in [0.2, 0.25) is 5.91 Å². The molecule has 0 aliphatic heterocycles. The number of rotatable bonds is 8. The van der Waals surface area contributed by atoms with E-state index >= 15 is 0 Å². The van der Waals surface area contributed by atoms with E-state index in [-0.39, 0.29) is 30.9 Å². The van der Waals surface area contributed by atoms with E-state index in [9.17, 15) is 9.59 Å². The number of carbonyl (C=O) groups excluding carboxylic acids is 2. The van der Waals surface area contributed by atoms with Crippen LogP contribution in [-0.4, -0.2) is 52.6 Å². The normalized spacial score (nSPS) is 13.3. The molecule has 2 aromatic carbocycles. The second kappa shape index (κ2) is 8.57. The molecule has 0 N–H and O–H groups in total. The third kappa shape index (κ3) is 4.15. The summed E-state index contributed by atoms with van der Waals surface area (Å²) in [6.45, 7) is 2.10. The molecule has 1 aromatic heterocycles. The number of ether oxygens (including phenoxy) is 2. The van der Waals surface area contributed by atoms with Gasteiger partial charge in [0.15, 0.2) is 18.1 Å². The molecule has 1 aliphatic carbocycles. The number of para-hydroxylation sites is 4. The Morgan fingerprint density at radius 3 is 2.53 bits per heavy atom. The van der Waals surface area contributed by atoms with Crippen LogP contribution in [0.2, 0.25) is 0 Å². The number of aromatic nitrogens is 2. The number of aryl methyl sites for hydroxylation is 1. The summed E-state index contributed by atoms with van der Waals surface area (Å²) >= 11 is 0. The zero-order chi connectivity index (χ0) is 21.1. The molecule has 1 fully saturated rings. The van der Waals surface area contributed by atoms with Crippen LogP contribution in [0.15, 0.2) is 48.5 Å². The zero-order valence-electron chi connectivity index (χ0n) is 17.2. The largest absolute Gasteiger partial charge is 0.493 e. The van der Waals surface area contributed by atoms with Crippen molar-refractivity contribution < 1.29 is 19.1 Å². The van der Waals surface area contributed by atoms with Gasteiger partial charge in [0, 0.05) is 19.0 Å². The number of methoxy groups -OCH3 is 1. The molecule has 156 valence electrons. The highest BCUT2D eigenvalue weighted by Crippen LogP contribution is 2.29. The number of benzene rings is 2. The molecular weight excluding hydrogens is 382 g/mol. The third-order valence-electron chi connectivity index (χ3n) is 5.27. The van der Waals surface area contributed by atoms with Crippen molar-refractivity contribution in [1.82, 2.24) is 14.5 Å². The fourth-order valence-corrected chi connectivity index (χ4v) is 3.65. The lowest BCUT2D eigenvalue weighted by molar-refractivity contribution is -0.133. The first kappa shape index (κ1) is 19.9. The van der Waals surface area contributed by atoms with Crippen molar-refractivity contribution in [3.8, 4) is 11.5 Å². The number of nitrogens with zero attached hydrogens (tertiary/aromatic N) is 3. The Labute approximate surface area is 175 Å². The number of hydrogen-bond donors (Lipinski definition) is 0. The average Bonchev–Trinajstić information content (AvgIpc) is 3.53. The zero-order valence-corrected chi connectivity index (χ0v) is 17.2. The molecule has 1 heterocycles. The first-order valence-corrected chi connectivity index (χ1v) is 10.1. The standard InChI is InChI=1S/C23H25N3O4/c1-16-24-18-7-3-4-8-19(18)26(16)22(27)13-14-25(17-11-12-17)23(28)15-30-21-10-6-5-9-20(21)29-2/h3-10,17H,11-15H2,1-2H3. The van der Waals surface area contributed by atoms with E-state index in [2.05, 4.69) is 4.98 Å². The Morgan fingerprint density at radius 2 is 1.80 bits per heavy atom. The van der Waals surface area contributed by atoms with E-state index in [1.807, 2.05) is 43.3 Å². The van der Waals surface area contributed by atoms with Gasteiger partial charge in [-0.2, -0.15) is 0 Å². The van der Waals surface area contributed by atoms with Crippen molar-refractivity contribution in [2.45, 2.75) is 32.2 Å². The summed E-state index contributed by atoms with van der Waals surface area (Å²) in [4.78, 5) is 31.9. The van der Waals surface area contributed by atoms with Gasteiger partial charge in [-0.15, -0.1) is 0 Å². The number of amides is 1. The van der Waals surface area contributed by atoms with Gasteiger partial charge >= 0.3 is 0 Å². The molecule has 1 saturated carbocycles. The van der Waals surface area contributed by atoms with Crippen molar-refractivity contribution in [2.75, 3.05) is 20.3 Å². The molecule has 4 rings (SSSR count). The fourth-order valence-electron chi connectivity index (χ4n) is 3.65. The first-order valence-electron chi connectivity index (χ1n) is 10.1. The maximum absolute atomic E-state index is 12.9. The van der Waals surface area contributed by atoms with Gasteiger partial charge in [0.1, 0.15) is 5.82 Å². The molecule has 7 nitrogen and oxygen atoms in total. The lowest BCUT2D eigenvalue weighted by Gasteiger charge is -2.22. The van der Waals surface area contributed by atoms with Crippen LogP contribution in [0, 0.1) is 6.92 Å². The molecule has 0 bridgehead atoms. The maximum atomic E-state index is 12.9. The van der Waals surface area contributed by atoms with Crippen LogP contribution in [0.4, 0.5) is 0 Å². The van der Waals surface area contributed by atoms with Crippen LogP contribution < -0.4 is 9.47 Å². The number of fused-ring (bicyclic) bond motifs is 1. The Hall–Kier alpha value is -3.35. The summed E-state index contributed by atoms with van der Waals surface area (Å²) in [7, 11) is 1.56. The second-order valence-electron chi connectivity index (χ2n) is 7.38. The maximum Gasteiger partial charge on any atom is 0.260 e. The van der Waals surface area contributed by atoms with E-state index < -0.39 is 0 Å². The van der Waals surface area contributed by atoms with E-state index in [1.54, 1.807) is 28.7 Å². The molecule has 0 saturated heterocycles. The van der Waals surface area contributed by atoms with Crippen molar-refractivity contribution in [3.05, 3.63) is 54.4 Å². The lowest BCUT2D eigenvalue weighted by atomic mass is 10.3. The Balaban J connectivity index is 1.40. The summed E-state index contributed by atoms with van der Waals surface area (Å²) in [5, 5.41) is 0. The van der Waals surface area contributed by atoms with Crippen LogP contribution in [0.25, 0.3) is 11.0 Å². The van der Waals surface area contributed by atoms with Gasteiger partial charge in [-0.1, -0.05) is 24.3 Å². The molecule has 0 radical (unpaired) electrons. The van der Waals surface area contributed by atoms with Gasteiger partial charge in [-0.05, 0) is 44.0 Å². The molecule has 1 aliphatic rings. The molecular formula is C23H25N3O4. The minimum atomic E-state index is -0.122. The van der Waals surface area contributed by atoms with Gasteiger partial charge < -0.3 is 14.4 Å². The van der Waals surface area contributed by atoms with Crippen molar-refractivity contribution >= 4 is 22.8 Å². The van der Waals surface area contributed by atoms with Crippen molar-refractivity contribution in [3.63, 3.8) is 0 Å². The number of imidazole rings is 1. The quantitative estimate of drug-likeness (QED) is 0.572. The lowest BCUT2D eigenvalue weighted by Crippen LogP contribution is -2.38. The summed E-state index contributed by atoms with van der Waals surface area (Å²) in [6, 6.07) is 15.0. The first-order chi connectivity index (χ1) is 14.6. The van der Waals surface area contributed by atoms with Gasteiger partial charge in [0.05, 0.1) is 18.1 Å². The van der Waals surface area contributed by atoms with E-state index in [4.69, 9.17) is 9.47 Å². The Kier molecular flexibility index (Phi) is 5.70. The van der Waals surface area contributed by atoms with Gasteiger partial charge in [-0.3, -0.25) is 14.2 Å². The topological polar surface area (TPSA) is 73.7 Å². The van der Waals surface area contributed by atoms with Crippen molar-refractivity contribution in [1.29, 1.82) is 0 Å². The van der Waals surface area contributed by atoms with Crippen LogP contribution in [-0.2, 0) is 4.79 Å². The molecule has 0 atom stereocenters. The van der Waals surface area contributed by atoms with Crippen LogP contribution in [0.3, 0.4) is 0 Å². The minimum Gasteiger partial charge on any atom is -0.493 e. The van der Waals surface area contributed by atoms with Crippen LogP contribution >= 0.6 is 0 Å². The monoisotopic (exact) mass is 407 g/mol. The highest BCUT2D eigenvalue weighted by atomic mass is 16.5. The molecule has 0 spiro atoms. The summed E-state index contributed by atoms with van der Waals surface area (Å²) in [5.74, 6) is 1.58. The minimum absolute atomic E-state index is 0.0645. The molecule has 30 heavy (non-hydrogen) atoms. The summed E-state index contributed by atoms with van der Waals surface area (Å²) in [6.07, 6.45) is 2.15. The van der Waals surface area contributed by atoms with E-state index in [0.717, 1.165) is 23.9 Å². The Bertz CT molecular complexity index is 1070. The summed E-state index contributed by atoms with van der Waals surface area (Å²) < 4.78 is 12.6. The SMILES string of the molecule is COc1ccccc1OCC(=O)N(CCC(=O)n1c(C)nc2ccccc21)C1CC1. The average molecular weight is 407 g/mol. The van der Waals surface area contributed by atoms with Crippen LogP contribution in [0.5, 0.6) is 11.5 Å². The molecule has 0 unspecified atom stereocenters. The van der Waals surface area contributed by atoms with Gasteiger partial charge in [0.25, 0.3) is 5.91 Å². The smallest absolute Gasteiger partial charge is 0.260 e. The number of hydrogen-bond acceptors (Lipinski definition) is 5. The predicted octanol–water partition coefficient (Wildman–Crippen LogP) is 3.45. The van der Waals surface area contributed by atoms with E-state index in [1.165, 1.54) is 0 Å². The Morgan fingerprint density at radius 1 is 1.10 bits per heavy atom. The molecule has 3 aromatic rings. The predicted molar refractivity (Wildman–Crippen MR) is 113 cm³/mol. The fraction of sp³-hybridized carbons (Fsp3) is 0.348. The molecule has 7 heteroatoms. The van der Waals surface area contributed by atoms with Crippen molar-refractivity contribution in [2.24, 2.45) is 0 Å². The summed E-state index contributed by atoms with van der Waals surface area (Å²) in [5.41, 5.74) is 1.59. The van der Waals surface area contributed by atoms with E-state index in [0.29, 0.717) is 23.9 Å². The van der Waals surface area contributed by atoms with Crippen LogP contribution in [0.1, 0.15) is 29.9 Å². The third-order valence-corrected chi connectivity index (χ3v) is 5.27. The number of carbonyl (C=O) groups is 2. The molecule has 1 amide bonds. The second-order valence-corrected chi connectivity index (χ2v) is 7.38. The van der Waals surface area contributed by atoms with Gasteiger partial charge in [-0.25, -0.2) is 4.98 Å².